The van der Waals surface area contributed by atoms with E-state index in [4.69, 9.17) is 4.74 Å². The van der Waals surface area contributed by atoms with Crippen LogP contribution in [0.5, 0.6) is 5.75 Å². The summed E-state index contributed by atoms with van der Waals surface area (Å²) in [6.07, 6.45) is 1.13. The number of aryl methyl sites for hydroxylation is 1. The van der Waals surface area contributed by atoms with E-state index >= 15 is 0 Å². The van der Waals surface area contributed by atoms with E-state index in [0.29, 0.717) is 24.2 Å². The topological polar surface area (TPSA) is 80.8 Å². The fourth-order valence-electron chi connectivity index (χ4n) is 3.58. The van der Waals surface area contributed by atoms with E-state index in [2.05, 4.69) is 0 Å². The number of benzene rings is 3. The van der Waals surface area contributed by atoms with E-state index < -0.39 is 25.7 Å². The van der Waals surface area contributed by atoms with Crippen LogP contribution in [0.3, 0.4) is 0 Å². The summed E-state index contributed by atoms with van der Waals surface area (Å²) in [5.74, 6) is -0.470. The van der Waals surface area contributed by atoms with Crippen molar-refractivity contribution in [2.45, 2.75) is 16.7 Å². The summed E-state index contributed by atoms with van der Waals surface area (Å²) >= 11 is 0. The van der Waals surface area contributed by atoms with Gasteiger partial charge in [0, 0.05) is 25.3 Å². The molecule has 174 valence electrons. The molecule has 1 fully saturated rings. The maximum absolute atomic E-state index is 14.6. The highest BCUT2D eigenvalue weighted by molar-refractivity contribution is 7.90. The number of ether oxygens (including phenoxy) is 1. The summed E-state index contributed by atoms with van der Waals surface area (Å²) in [6.45, 7) is 2.75. The minimum atomic E-state index is -3.53. The van der Waals surface area contributed by atoms with Crippen LogP contribution in [0.1, 0.15) is 5.56 Å². The lowest BCUT2D eigenvalue weighted by Crippen LogP contribution is -2.51. The number of nitrogens with zero attached hydrogens (tertiary/aromatic N) is 1. The zero-order valence-electron chi connectivity index (χ0n) is 18.2. The van der Waals surface area contributed by atoms with Gasteiger partial charge in [-0.25, -0.2) is 21.2 Å². The molecule has 1 aliphatic rings. The molecule has 0 aliphatic carbocycles. The Bertz CT molecular complexity index is 1360. The van der Waals surface area contributed by atoms with E-state index in [1.165, 1.54) is 28.6 Å². The second-order valence-corrected chi connectivity index (χ2v) is 12.2. The number of hydrogen-bond donors (Lipinski definition) is 0. The van der Waals surface area contributed by atoms with Crippen molar-refractivity contribution in [3.63, 3.8) is 0 Å². The third-order valence-electron chi connectivity index (χ3n) is 5.60. The molecule has 0 radical (unpaired) electrons. The molecule has 3 aromatic carbocycles. The predicted molar refractivity (Wildman–Crippen MR) is 124 cm³/mol. The van der Waals surface area contributed by atoms with Crippen molar-refractivity contribution in [3.05, 3.63) is 78.1 Å². The standard InChI is InChI=1S/C24H24FNO5S2/c1-17-3-8-22(9-4-17)33(29,30)26-14-18(15-26)16-31-24-12-7-20(13-23(24)25)19-5-10-21(11-6-19)32(2,27)28/h3-13,18H,14-16H2,1-2H3. The van der Waals surface area contributed by atoms with E-state index in [1.54, 1.807) is 42.5 Å². The average Bonchev–Trinajstić information content (AvgIpc) is 2.73. The molecule has 0 bridgehead atoms. The summed E-state index contributed by atoms with van der Waals surface area (Å²) in [4.78, 5) is 0.462. The van der Waals surface area contributed by atoms with Gasteiger partial charge in [-0.2, -0.15) is 4.31 Å². The third-order valence-corrected chi connectivity index (χ3v) is 8.58. The van der Waals surface area contributed by atoms with Gasteiger partial charge >= 0.3 is 0 Å². The minimum absolute atomic E-state index is 0.0205. The maximum atomic E-state index is 14.6. The van der Waals surface area contributed by atoms with Gasteiger partial charge in [0.1, 0.15) is 0 Å². The largest absolute Gasteiger partial charge is 0.490 e. The molecule has 1 aliphatic heterocycles. The highest BCUT2D eigenvalue weighted by Crippen LogP contribution is 2.29. The summed E-state index contributed by atoms with van der Waals surface area (Å²) in [5.41, 5.74) is 2.27. The predicted octanol–water partition coefficient (Wildman–Crippen LogP) is 3.90. The Hall–Kier alpha value is -2.75. The van der Waals surface area contributed by atoms with E-state index in [1.807, 2.05) is 6.92 Å². The van der Waals surface area contributed by atoms with Crippen molar-refractivity contribution in [3.8, 4) is 16.9 Å². The molecule has 4 rings (SSSR count). The first-order valence-corrected chi connectivity index (χ1v) is 13.7. The fourth-order valence-corrected chi connectivity index (χ4v) is 5.81. The number of rotatable bonds is 7. The van der Waals surface area contributed by atoms with Crippen molar-refractivity contribution >= 4 is 19.9 Å². The highest BCUT2D eigenvalue weighted by atomic mass is 32.2. The van der Waals surface area contributed by atoms with Crippen LogP contribution in [0.25, 0.3) is 11.1 Å². The molecule has 0 spiro atoms. The van der Waals surface area contributed by atoms with Crippen LogP contribution in [-0.2, 0) is 19.9 Å². The summed E-state index contributed by atoms with van der Waals surface area (Å²) in [6, 6.07) is 17.5. The monoisotopic (exact) mass is 489 g/mol. The fraction of sp³-hybridized carbons (Fsp3) is 0.250. The van der Waals surface area contributed by atoms with Gasteiger partial charge < -0.3 is 4.74 Å². The molecule has 9 heteroatoms. The molecule has 0 unspecified atom stereocenters. The number of hydrogen-bond acceptors (Lipinski definition) is 5. The van der Waals surface area contributed by atoms with Crippen LogP contribution in [-0.4, -0.2) is 47.1 Å². The number of halogens is 1. The smallest absolute Gasteiger partial charge is 0.243 e. The van der Waals surface area contributed by atoms with Gasteiger partial charge in [0.05, 0.1) is 16.4 Å². The van der Waals surface area contributed by atoms with Gasteiger partial charge in [-0.1, -0.05) is 35.9 Å². The third kappa shape index (κ3) is 5.10. The quantitative estimate of drug-likeness (QED) is 0.503. The lowest BCUT2D eigenvalue weighted by molar-refractivity contribution is 0.127. The number of sulfonamides is 1. The normalized spacial score (nSPS) is 15.2. The van der Waals surface area contributed by atoms with Crippen LogP contribution in [0.2, 0.25) is 0 Å². The molecule has 0 aromatic heterocycles. The van der Waals surface area contributed by atoms with Gasteiger partial charge in [-0.05, 0) is 54.4 Å². The van der Waals surface area contributed by atoms with E-state index in [9.17, 15) is 21.2 Å². The van der Waals surface area contributed by atoms with Crippen molar-refractivity contribution in [2.24, 2.45) is 5.92 Å². The average molecular weight is 490 g/mol. The molecule has 6 nitrogen and oxygen atoms in total. The Kier molecular flexibility index (Phi) is 6.30. The summed E-state index contributed by atoms with van der Waals surface area (Å²) in [5, 5.41) is 0. The second kappa shape index (κ2) is 8.89. The lowest BCUT2D eigenvalue weighted by Gasteiger charge is -2.37. The Balaban J connectivity index is 1.35. The van der Waals surface area contributed by atoms with Gasteiger partial charge in [0.15, 0.2) is 21.4 Å². The Morgan fingerprint density at radius 2 is 1.45 bits per heavy atom. The number of sulfone groups is 1. The van der Waals surface area contributed by atoms with Crippen molar-refractivity contribution in [1.82, 2.24) is 4.31 Å². The van der Waals surface area contributed by atoms with Crippen LogP contribution in [0.15, 0.2) is 76.5 Å². The van der Waals surface area contributed by atoms with Gasteiger partial charge in [-0.3, -0.25) is 0 Å². The molecule has 33 heavy (non-hydrogen) atoms. The van der Waals surface area contributed by atoms with Gasteiger partial charge in [0.2, 0.25) is 10.0 Å². The van der Waals surface area contributed by atoms with Crippen molar-refractivity contribution in [1.29, 1.82) is 0 Å². The zero-order chi connectivity index (χ0) is 23.8. The van der Waals surface area contributed by atoms with Crippen molar-refractivity contribution in [2.75, 3.05) is 26.0 Å². The zero-order valence-corrected chi connectivity index (χ0v) is 19.9. The lowest BCUT2D eigenvalue weighted by atomic mass is 10.0. The van der Waals surface area contributed by atoms with Crippen molar-refractivity contribution < 1.29 is 26.0 Å². The molecule has 0 amide bonds. The van der Waals surface area contributed by atoms with Crippen LogP contribution in [0.4, 0.5) is 4.39 Å². The van der Waals surface area contributed by atoms with E-state index in [-0.39, 0.29) is 28.1 Å². The molecule has 1 heterocycles. The molecular weight excluding hydrogens is 465 g/mol. The van der Waals surface area contributed by atoms with Crippen LogP contribution < -0.4 is 4.74 Å². The first-order valence-electron chi connectivity index (χ1n) is 10.3. The summed E-state index contributed by atoms with van der Waals surface area (Å²) in [7, 11) is -6.82. The molecular formula is C24H24FNO5S2. The second-order valence-electron chi connectivity index (χ2n) is 8.25. The first kappa shape index (κ1) is 23.4. The Morgan fingerprint density at radius 3 is 2.03 bits per heavy atom. The van der Waals surface area contributed by atoms with Gasteiger partial charge in [0.25, 0.3) is 0 Å². The van der Waals surface area contributed by atoms with Gasteiger partial charge in [-0.15, -0.1) is 0 Å². The maximum Gasteiger partial charge on any atom is 0.243 e. The Morgan fingerprint density at radius 1 is 0.879 bits per heavy atom. The molecule has 3 aromatic rings. The molecule has 1 saturated heterocycles. The first-order chi connectivity index (χ1) is 15.5. The minimum Gasteiger partial charge on any atom is -0.490 e. The van der Waals surface area contributed by atoms with E-state index in [0.717, 1.165) is 11.8 Å². The highest BCUT2D eigenvalue weighted by Gasteiger charge is 2.37. The van der Waals surface area contributed by atoms with Crippen LogP contribution >= 0.6 is 0 Å². The molecule has 0 N–H and O–H groups in total. The van der Waals surface area contributed by atoms with Crippen LogP contribution in [0, 0.1) is 18.7 Å². The molecule has 0 saturated carbocycles. The summed E-state index contributed by atoms with van der Waals surface area (Å²) < 4.78 is 70.0. The molecule has 0 atom stereocenters. The SMILES string of the molecule is Cc1ccc(S(=O)(=O)N2CC(COc3ccc(-c4ccc(S(C)(=O)=O)cc4)cc3F)C2)cc1. The Labute approximate surface area is 193 Å².